The fourth-order valence-electron chi connectivity index (χ4n) is 2.10. The van der Waals surface area contributed by atoms with E-state index in [0.717, 1.165) is 22.3 Å². The van der Waals surface area contributed by atoms with Gasteiger partial charge in [0.05, 0.1) is 12.3 Å². The highest BCUT2D eigenvalue weighted by Gasteiger charge is 2.27. The van der Waals surface area contributed by atoms with Crippen LogP contribution in [-0.2, 0) is 6.61 Å². The Morgan fingerprint density at radius 1 is 1.23 bits per heavy atom. The molecule has 1 aliphatic rings. The van der Waals surface area contributed by atoms with Crippen molar-refractivity contribution in [3.8, 4) is 11.5 Å². The fraction of sp³-hybridized carbons (Fsp3) is 0.438. The maximum Gasteiger partial charge on any atom is 0.185 e. The maximum absolute atomic E-state index is 8.71. The van der Waals surface area contributed by atoms with Gasteiger partial charge in [-0.05, 0) is 37.1 Å². The smallest absolute Gasteiger partial charge is 0.185 e. The van der Waals surface area contributed by atoms with Gasteiger partial charge in [0, 0.05) is 18.5 Å². The van der Waals surface area contributed by atoms with Crippen molar-refractivity contribution in [1.29, 1.82) is 0 Å². The summed E-state index contributed by atoms with van der Waals surface area (Å²) in [5.41, 5.74) is 0.952. The van der Waals surface area contributed by atoms with Crippen LogP contribution in [0.3, 0.4) is 0 Å². The van der Waals surface area contributed by atoms with E-state index in [1.165, 1.54) is 12.8 Å². The Hall–Kier alpha value is -1.79. The molecule has 22 heavy (non-hydrogen) atoms. The van der Waals surface area contributed by atoms with E-state index in [2.05, 4.69) is 16.9 Å². The molecule has 3 rings (SSSR count). The van der Waals surface area contributed by atoms with Gasteiger partial charge in [-0.25, -0.2) is 4.98 Å². The Morgan fingerprint density at radius 2 is 1.91 bits per heavy atom. The van der Waals surface area contributed by atoms with E-state index in [4.69, 9.17) is 14.6 Å². The normalized spacial score (nSPS) is 13.9. The van der Waals surface area contributed by atoms with Crippen molar-refractivity contribution in [3.63, 3.8) is 0 Å². The third-order valence-electron chi connectivity index (χ3n) is 3.51. The second-order valence-electron chi connectivity index (χ2n) is 5.30. The molecule has 1 saturated carbocycles. The molecular weight excluding hydrogens is 300 g/mol. The monoisotopic (exact) mass is 320 g/mol. The predicted molar refractivity (Wildman–Crippen MR) is 86.9 cm³/mol. The minimum atomic E-state index is 0.0136. The number of aliphatic hydroxyl groups is 1. The van der Waals surface area contributed by atoms with Crippen LogP contribution in [-0.4, -0.2) is 36.4 Å². The molecule has 118 valence electrons. The number of ether oxygens (including phenoxy) is 2. The molecule has 0 atom stereocenters. The molecule has 1 heterocycles. The molecule has 0 amide bonds. The molecule has 1 aromatic carbocycles. The van der Waals surface area contributed by atoms with Crippen molar-refractivity contribution in [3.05, 3.63) is 35.3 Å². The number of anilines is 1. The number of aromatic nitrogens is 1. The average Bonchev–Trinajstić information content (AvgIpc) is 3.29. The quantitative estimate of drug-likeness (QED) is 0.810. The molecule has 0 bridgehead atoms. The fourth-order valence-corrected chi connectivity index (χ4v) is 2.94. The topological polar surface area (TPSA) is 54.8 Å². The van der Waals surface area contributed by atoms with Crippen molar-refractivity contribution in [1.82, 2.24) is 4.98 Å². The van der Waals surface area contributed by atoms with Crippen molar-refractivity contribution in [2.75, 3.05) is 25.2 Å². The van der Waals surface area contributed by atoms with Crippen LogP contribution in [0.5, 0.6) is 11.5 Å². The Bertz CT molecular complexity index is 596. The molecule has 6 heteroatoms. The molecule has 0 unspecified atom stereocenters. The van der Waals surface area contributed by atoms with Gasteiger partial charge in [-0.1, -0.05) is 0 Å². The summed E-state index contributed by atoms with van der Waals surface area (Å²) in [7, 11) is 2.10. The summed E-state index contributed by atoms with van der Waals surface area (Å²) in [6, 6.07) is 8.05. The molecular formula is C16H20N2O3S. The number of hydrogen-bond donors (Lipinski definition) is 1. The van der Waals surface area contributed by atoms with Crippen LogP contribution in [0.15, 0.2) is 29.6 Å². The number of thiazole rings is 1. The van der Waals surface area contributed by atoms with Gasteiger partial charge in [-0.3, -0.25) is 0 Å². The van der Waals surface area contributed by atoms with Crippen molar-refractivity contribution in [2.24, 2.45) is 0 Å². The van der Waals surface area contributed by atoms with Crippen LogP contribution in [0.4, 0.5) is 5.13 Å². The molecule has 0 aliphatic heterocycles. The Balaban J connectivity index is 1.51. The molecule has 1 aromatic heterocycles. The summed E-state index contributed by atoms with van der Waals surface area (Å²) in [6.07, 6.45) is 2.54. The summed E-state index contributed by atoms with van der Waals surface area (Å²) < 4.78 is 11.1. The van der Waals surface area contributed by atoms with E-state index in [-0.39, 0.29) is 6.61 Å². The van der Waals surface area contributed by atoms with E-state index in [9.17, 15) is 0 Å². The zero-order valence-electron chi connectivity index (χ0n) is 12.6. The van der Waals surface area contributed by atoms with E-state index in [0.29, 0.717) is 19.3 Å². The molecule has 2 aromatic rings. The van der Waals surface area contributed by atoms with Crippen LogP contribution < -0.4 is 14.4 Å². The summed E-state index contributed by atoms with van der Waals surface area (Å²) in [5.74, 6) is 1.50. The van der Waals surface area contributed by atoms with Crippen LogP contribution in [0, 0.1) is 0 Å². The molecule has 0 saturated heterocycles. The molecule has 0 spiro atoms. The minimum Gasteiger partial charge on any atom is -0.491 e. The lowest BCUT2D eigenvalue weighted by Gasteiger charge is -2.13. The van der Waals surface area contributed by atoms with Crippen LogP contribution in [0.2, 0.25) is 0 Å². The van der Waals surface area contributed by atoms with Gasteiger partial charge >= 0.3 is 0 Å². The Labute approximate surface area is 134 Å². The minimum absolute atomic E-state index is 0.0136. The van der Waals surface area contributed by atoms with Gasteiger partial charge in [0.25, 0.3) is 0 Å². The Kier molecular flexibility index (Phi) is 4.80. The SMILES string of the molecule is CN(c1nc(COc2ccc(OCCO)cc2)cs1)C1CC1. The molecule has 5 nitrogen and oxygen atoms in total. The predicted octanol–water partition coefficient (Wildman–Crippen LogP) is 2.69. The van der Waals surface area contributed by atoms with Crippen LogP contribution in [0.25, 0.3) is 0 Å². The first-order valence-electron chi connectivity index (χ1n) is 7.40. The van der Waals surface area contributed by atoms with Crippen molar-refractivity contribution < 1.29 is 14.6 Å². The third kappa shape index (κ3) is 3.90. The Morgan fingerprint density at radius 3 is 2.55 bits per heavy atom. The van der Waals surface area contributed by atoms with Crippen LogP contribution >= 0.6 is 11.3 Å². The second kappa shape index (κ2) is 6.98. The molecule has 1 N–H and O–H groups in total. The lowest BCUT2D eigenvalue weighted by atomic mass is 10.3. The number of aliphatic hydroxyl groups excluding tert-OH is 1. The summed E-state index contributed by atoms with van der Waals surface area (Å²) in [4.78, 5) is 6.86. The number of hydrogen-bond acceptors (Lipinski definition) is 6. The molecule has 1 fully saturated rings. The van der Waals surface area contributed by atoms with E-state index in [1.54, 1.807) is 11.3 Å². The maximum atomic E-state index is 8.71. The van der Waals surface area contributed by atoms with Crippen molar-refractivity contribution >= 4 is 16.5 Å². The van der Waals surface area contributed by atoms with Gasteiger partial charge in [0.15, 0.2) is 5.13 Å². The summed E-state index contributed by atoms with van der Waals surface area (Å²) >= 11 is 1.66. The first kappa shape index (κ1) is 15.1. The molecule has 1 aliphatic carbocycles. The number of benzene rings is 1. The van der Waals surface area contributed by atoms with E-state index < -0.39 is 0 Å². The highest BCUT2D eigenvalue weighted by Crippen LogP contribution is 2.32. The zero-order chi connectivity index (χ0) is 15.4. The van der Waals surface area contributed by atoms with E-state index in [1.807, 2.05) is 29.6 Å². The third-order valence-corrected chi connectivity index (χ3v) is 4.49. The lowest BCUT2D eigenvalue weighted by Crippen LogP contribution is -2.19. The van der Waals surface area contributed by atoms with E-state index >= 15 is 0 Å². The highest BCUT2D eigenvalue weighted by molar-refractivity contribution is 7.13. The lowest BCUT2D eigenvalue weighted by molar-refractivity contribution is 0.201. The van der Waals surface area contributed by atoms with Gasteiger partial charge < -0.3 is 19.5 Å². The van der Waals surface area contributed by atoms with Gasteiger partial charge in [0.2, 0.25) is 0 Å². The average molecular weight is 320 g/mol. The van der Waals surface area contributed by atoms with Gasteiger partial charge in [0.1, 0.15) is 24.7 Å². The largest absolute Gasteiger partial charge is 0.491 e. The van der Waals surface area contributed by atoms with Crippen LogP contribution in [0.1, 0.15) is 18.5 Å². The second-order valence-corrected chi connectivity index (χ2v) is 6.13. The highest BCUT2D eigenvalue weighted by atomic mass is 32.1. The van der Waals surface area contributed by atoms with Gasteiger partial charge in [-0.2, -0.15) is 0 Å². The number of rotatable bonds is 8. The number of nitrogens with zero attached hydrogens (tertiary/aromatic N) is 2. The zero-order valence-corrected chi connectivity index (χ0v) is 13.4. The summed E-state index contributed by atoms with van der Waals surface area (Å²) in [5, 5.41) is 11.8. The van der Waals surface area contributed by atoms with Crippen molar-refractivity contribution in [2.45, 2.75) is 25.5 Å². The first-order chi connectivity index (χ1) is 10.8. The van der Waals surface area contributed by atoms with Gasteiger partial charge in [-0.15, -0.1) is 11.3 Å². The molecule has 0 radical (unpaired) electrons. The summed E-state index contributed by atoms with van der Waals surface area (Å²) in [6.45, 7) is 0.780. The first-order valence-corrected chi connectivity index (χ1v) is 8.28. The standard InChI is InChI=1S/C16H20N2O3S/c1-18(13-2-3-13)16-17-12(11-22-16)10-21-15-6-4-14(5-7-15)20-9-8-19/h4-7,11,13,19H,2-3,8-10H2,1H3.